The van der Waals surface area contributed by atoms with Gasteiger partial charge < -0.3 is 11.1 Å². The summed E-state index contributed by atoms with van der Waals surface area (Å²) in [5.74, 6) is 0.643. The summed E-state index contributed by atoms with van der Waals surface area (Å²) < 4.78 is 25.0. The fourth-order valence-corrected chi connectivity index (χ4v) is 8.83. The van der Waals surface area contributed by atoms with E-state index in [1.165, 1.54) is 8.61 Å². The molecule has 1 aromatic carbocycles. The fraction of sp³-hybridized carbons (Fsp3) is 0.636. The lowest BCUT2D eigenvalue weighted by Crippen LogP contribution is -2.62. The molecule has 1 aromatic rings. The molecule has 4 saturated carbocycles. The van der Waals surface area contributed by atoms with E-state index < -0.39 is 16.4 Å². The number of hydrogen-bond donors (Lipinski definition) is 4. The Morgan fingerprint density at radius 2 is 1.84 bits per heavy atom. The largest absolute Gasteiger partial charge is 0.369 e. The summed E-state index contributed by atoms with van der Waals surface area (Å²) in [5.41, 5.74) is 5.92. The summed E-state index contributed by atoms with van der Waals surface area (Å²) in [6.07, 6.45) is 5.12. The molecule has 2 atom stereocenters. The van der Waals surface area contributed by atoms with Crippen LogP contribution in [0.2, 0.25) is 5.02 Å². The molecule has 2 unspecified atom stereocenters. The predicted octanol–water partition coefficient (Wildman–Crippen LogP) is 3.23. The number of amides is 2. The number of carbonyl (C=O) groups excluding carboxylic acids is 2. The lowest BCUT2D eigenvalue weighted by atomic mass is 9.47. The molecule has 1 saturated heterocycles. The summed E-state index contributed by atoms with van der Waals surface area (Å²) in [7, 11) is -3.36. The highest BCUT2D eigenvalue weighted by Gasteiger charge is 2.58. The van der Waals surface area contributed by atoms with Crippen molar-refractivity contribution in [3.05, 3.63) is 29.3 Å². The molecule has 5 N–H and O–H groups in total. The monoisotopic (exact) mass is 482 g/mol. The molecule has 0 spiro atoms. The molecule has 8 nitrogen and oxygen atoms in total. The molecular weight excluding hydrogens is 452 g/mol. The van der Waals surface area contributed by atoms with Crippen LogP contribution in [0.15, 0.2) is 24.3 Å². The maximum atomic E-state index is 13.0. The number of nitrogens with two attached hydrogens (primary N) is 1. The Bertz CT molecular complexity index is 915. The second-order valence-electron chi connectivity index (χ2n) is 9.97. The van der Waals surface area contributed by atoms with E-state index in [1.54, 1.807) is 24.3 Å². The van der Waals surface area contributed by atoms with Gasteiger partial charge in [-0.3, -0.25) is 23.0 Å². The maximum Gasteiger partial charge on any atom is 0.236 e. The number of nitrogens with zero attached hydrogens (tertiary/aromatic N) is 2. The SMILES string of the molecule is NC(=O)C12CC3CC(C1)C(NC(=O)CN1CCCN(c4ccccc4Cl)S1(O)O)C(C3)C2. The van der Waals surface area contributed by atoms with E-state index in [0.717, 1.165) is 32.1 Å². The zero-order valence-corrected chi connectivity index (χ0v) is 19.5. The minimum atomic E-state index is -3.36. The molecule has 32 heavy (non-hydrogen) atoms. The Balaban J connectivity index is 1.27. The summed E-state index contributed by atoms with van der Waals surface area (Å²) >= 11 is 6.29. The van der Waals surface area contributed by atoms with Crippen LogP contribution in [0.1, 0.15) is 38.5 Å². The predicted molar refractivity (Wildman–Crippen MR) is 125 cm³/mol. The molecule has 10 heteroatoms. The van der Waals surface area contributed by atoms with Crippen molar-refractivity contribution in [3.63, 3.8) is 0 Å². The fourth-order valence-electron chi connectivity index (χ4n) is 6.80. The van der Waals surface area contributed by atoms with Crippen molar-refractivity contribution in [1.82, 2.24) is 9.62 Å². The first-order valence-corrected chi connectivity index (χ1v) is 13.2. The Morgan fingerprint density at radius 1 is 1.16 bits per heavy atom. The lowest BCUT2D eigenvalue weighted by Gasteiger charge is -2.59. The van der Waals surface area contributed by atoms with Gasteiger partial charge in [0.15, 0.2) is 0 Å². The second kappa shape index (κ2) is 8.06. The molecule has 4 aliphatic carbocycles. The van der Waals surface area contributed by atoms with Crippen molar-refractivity contribution >= 4 is 40.1 Å². The average Bonchev–Trinajstić information content (AvgIpc) is 2.72. The average molecular weight is 483 g/mol. The molecular formula is C22H31ClN4O4S. The molecule has 5 fully saturated rings. The van der Waals surface area contributed by atoms with Crippen LogP contribution in [0, 0.1) is 23.2 Å². The zero-order valence-electron chi connectivity index (χ0n) is 18.0. The number of rotatable bonds is 5. The van der Waals surface area contributed by atoms with Gasteiger partial charge in [-0.15, -0.1) is 0 Å². The Labute approximate surface area is 195 Å². The number of carbonyl (C=O) groups is 2. The van der Waals surface area contributed by atoms with Crippen molar-refractivity contribution in [2.45, 2.75) is 44.6 Å². The molecule has 176 valence electrons. The third kappa shape index (κ3) is 3.68. The van der Waals surface area contributed by atoms with Crippen LogP contribution in [0.3, 0.4) is 0 Å². The Morgan fingerprint density at radius 3 is 2.50 bits per heavy atom. The van der Waals surface area contributed by atoms with Crippen LogP contribution in [-0.2, 0) is 9.59 Å². The van der Waals surface area contributed by atoms with Crippen LogP contribution >= 0.6 is 22.6 Å². The summed E-state index contributed by atoms with van der Waals surface area (Å²) in [5, 5.41) is 3.62. The third-order valence-electron chi connectivity index (χ3n) is 7.98. The minimum Gasteiger partial charge on any atom is -0.369 e. The first-order valence-electron chi connectivity index (χ1n) is 11.3. The van der Waals surface area contributed by atoms with Crippen LogP contribution in [-0.4, -0.2) is 50.9 Å². The highest BCUT2D eigenvalue weighted by molar-refractivity contribution is 8.23. The lowest BCUT2D eigenvalue weighted by molar-refractivity contribution is -0.147. The molecule has 2 amide bonds. The Kier molecular flexibility index (Phi) is 5.61. The summed E-state index contributed by atoms with van der Waals surface area (Å²) in [4.78, 5) is 25.2. The number of nitrogens with one attached hydrogen (secondary N) is 1. The molecule has 6 rings (SSSR count). The van der Waals surface area contributed by atoms with E-state index in [-0.39, 0.29) is 36.2 Å². The summed E-state index contributed by atoms with van der Waals surface area (Å²) in [6, 6.07) is 7.08. The minimum absolute atomic E-state index is 0.0257. The number of benzene rings is 1. The van der Waals surface area contributed by atoms with Crippen LogP contribution in [0.4, 0.5) is 5.69 Å². The van der Waals surface area contributed by atoms with Crippen molar-refractivity contribution < 1.29 is 18.7 Å². The highest BCUT2D eigenvalue weighted by Crippen LogP contribution is 2.60. The van der Waals surface area contributed by atoms with Crippen LogP contribution < -0.4 is 15.4 Å². The summed E-state index contributed by atoms with van der Waals surface area (Å²) in [6.45, 7) is 0.776. The highest BCUT2D eigenvalue weighted by atomic mass is 35.5. The van der Waals surface area contributed by atoms with E-state index in [9.17, 15) is 18.7 Å². The molecule has 1 aliphatic heterocycles. The van der Waals surface area contributed by atoms with Crippen LogP contribution in [0.5, 0.6) is 0 Å². The standard InChI is InChI=1S/C22H31ClN4O4S/c23-17-4-1-2-5-18(17)27-7-3-6-26(32(27,30)31)13-19(28)25-20-15-8-14-9-16(20)12-22(10-14,11-15)21(24)29/h1-2,4-5,14-16,20,30-31H,3,6-13H2,(H2,24,29)(H,25,28). The second-order valence-corrected chi connectivity index (χ2v) is 12.3. The van der Waals surface area contributed by atoms with Gasteiger partial charge in [-0.05, 0) is 79.4 Å². The molecule has 4 bridgehead atoms. The molecule has 1 heterocycles. The van der Waals surface area contributed by atoms with E-state index in [4.69, 9.17) is 17.3 Å². The van der Waals surface area contributed by atoms with Gasteiger partial charge in [0.25, 0.3) is 0 Å². The molecule has 0 aromatic heterocycles. The number of primary amides is 1. The maximum absolute atomic E-state index is 13.0. The van der Waals surface area contributed by atoms with Crippen molar-refractivity contribution in [2.75, 3.05) is 23.9 Å². The van der Waals surface area contributed by atoms with Gasteiger partial charge in [-0.2, -0.15) is 4.31 Å². The topological polar surface area (TPSA) is 119 Å². The molecule has 5 aliphatic rings. The quantitative estimate of drug-likeness (QED) is 0.511. The van der Waals surface area contributed by atoms with E-state index in [0.29, 0.717) is 36.1 Å². The van der Waals surface area contributed by atoms with Crippen molar-refractivity contribution in [3.8, 4) is 0 Å². The first-order chi connectivity index (χ1) is 15.2. The van der Waals surface area contributed by atoms with E-state index in [2.05, 4.69) is 5.32 Å². The van der Waals surface area contributed by atoms with Crippen molar-refractivity contribution in [2.24, 2.45) is 28.9 Å². The molecule has 0 radical (unpaired) electrons. The number of hydrogen-bond acceptors (Lipinski definition) is 6. The smallest absolute Gasteiger partial charge is 0.236 e. The van der Waals surface area contributed by atoms with Gasteiger partial charge in [0.2, 0.25) is 11.8 Å². The van der Waals surface area contributed by atoms with Gasteiger partial charge in [0.05, 0.1) is 17.3 Å². The number of halogens is 1. The number of para-hydroxylation sites is 1. The van der Waals surface area contributed by atoms with E-state index in [1.807, 2.05) is 0 Å². The van der Waals surface area contributed by atoms with Gasteiger partial charge in [-0.25, -0.2) is 0 Å². The number of anilines is 1. The van der Waals surface area contributed by atoms with Gasteiger partial charge in [0.1, 0.15) is 0 Å². The van der Waals surface area contributed by atoms with Crippen LogP contribution in [0.25, 0.3) is 0 Å². The van der Waals surface area contributed by atoms with Gasteiger partial charge >= 0.3 is 0 Å². The first kappa shape index (κ1) is 22.3. The van der Waals surface area contributed by atoms with E-state index >= 15 is 0 Å². The van der Waals surface area contributed by atoms with Gasteiger partial charge in [0, 0.05) is 24.5 Å². The van der Waals surface area contributed by atoms with Crippen molar-refractivity contribution in [1.29, 1.82) is 0 Å². The van der Waals surface area contributed by atoms with Gasteiger partial charge in [-0.1, -0.05) is 23.7 Å². The Hall–Kier alpha value is -1.52. The zero-order chi connectivity index (χ0) is 22.7. The third-order valence-corrected chi connectivity index (χ3v) is 10.3. The normalized spacial score (nSPS) is 36.7.